The first-order chi connectivity index (χ1) is 11.3. The second-order valence-corrected chi connectivity index (χ2v) is 6.05. The molecule has 5 nitrogen and oxygen atoms in total. The molecule has 0 spiro atoms. The summed E-state index contributed by atoms with van der Waals surface area (Å²) in [6.45, 7) is 0.616. The summed E-state index contributed by atoms with van der Waals surface area (Å²) in [5, 5.41) is 2.88. The predicted octanol–water partition coefficient (Wildman–Crippen LogP) is 2.94. The van der Waals surface area contributed by atoms with Crippen LogP contribution in [0.15, 0.2) is 59.9 Å². The maximum Gasteiger partial charge on any atom is 0.271 e. The molecule has 1 N–H and O–H groups in total. The fourth-order valence-corrected chi connectivity index (χ4v) is 2.89. The number of benzene rings is 1. The molecule has 0 aliphatic heterocycles. The van der Waals surface area contributed by atoms with Crippen LogP contribution in [0.25, 0.3) is 11.0 Å². The van der Waals surface area contributed by atoms with Crippen LogP contribution in [0.1, 0.15) is 16.9 Å². The van der Waals surface area contributed by atoms with Crippen LogP contribution in [0, 0.1) is 0 Å². The number of hydrogen-bond acceptors (Lipinski definition) is 5. The SMILES string of the molecule is O=C(NCCCSc1ccncc1)c1cnc2ccccc2n1. The van der Waals surface area contributed by atoms with Gasteiger partial charge in [-0.3, -0.25) is 14.8 Å². The number of fused-ring (bicyclic) bond motifs is 1. The molecule has 0 saturated carbocycles. The van der Waals surface area contributed by atoms with E-state index >= 15 is 0 Å². The summed E-state index contributed by atoms with van der Waals surface area (Å²) in [5.74, 6) is 0.755. The summed E-state index contributed by atoms with van der Waals surface area (Å²) in [5.41, 5.74) is 1.87. The number of pyridine rings is 1. The molecule has 2 heterocycles. The van der Waals surface area contributed by atoms with Crippen molar-refractivity contribution in [2.75, 3.05) is 12.3 Å². The minimum Gasteiger partial charge on any atom is -0.351 e. The van der Waals surface area contributed by atoms with Gasteiger partial charge in [0, 0.05) is 23.8 Å². The molecule has 0 aliphatic carbocycles. The van der Waals surface area contributed by atoms with E-state index < -0.39 is 0 Å². The van der Waals surface area contributed by atoms with E-state index in [0.717, 1.165) is 23.2 Å². The van der Waals surface area contributed by atoms with Crippen molar-refractivity contribution in [1.82, 2.24) is 20.3 Å². The van der Waals surface area contributed by atoms with Gasteiger partial charge >= 0.3 is 0 Å². The third-order valence-corrected chi connectivity index (χ3v) is 4.30. The Morgan fingerprint density at radius 3 is 2.70 bits per heavy atom. The van der Waals surface area contributed by atoms with Crippen molar-refractivity contribution in [2.45, 2.75) is 11.3 Å². The number of thioether (sulfide) groups is 1. The van der Waals surface area contributed by atoms with Crippen molar-refractivity contribution >= 4 is 28.7 Å². The zero-order valence-electron chi connectivity index (χ0n) is 12.5. The molecule has 1 amide bonds. The first kappa shape index (κ1) is 15.4. The minimum atomic E-state index is -0.183. The first-order valence-electron chi connectivity index (χ1n) is 7.36. The number of nitrogens with zero attached hydrogens (tertiary/aromatic N) is 3. The monoisotopic (exact) mass is 324 g/mol. The number of hydrogen-bond donors (Lipinski definition) is 1. The molecule has 1 aromatic carbocycles. The van der Waals surface area contributed by atoms with Gasteiger partial charge in [0.1, 0.15) is 5.69 Å². The maximum absolute atomic E-state index is 12.1. The molecule has 116 valence electrons. The maximum atomic E-state index is 12.1. The Bertz CT molecular complexity index is 795. The molecular formula is C17H16N4OS. The number of aromatic nitrogens is 3. The minimum absolute atomic E-state index is 0.183. The second kappa shape index (κ2) is 7.69. The van der Waals surface area contributed by atoms with Crippen LogP contribution in [0.2, 0.25) is 0 Å². The van der Waals surface area contributed by atoms with Gasteiger partial charge in [0.05, 0.1) is 17.2 Å². The highest BCUT2D eigenvalue weighted by Gasteiger charge is 2.08. The lowest BCUT2D eigenvalue weighted by Crippen LogP contribution is -2.25. The lowest BCUT2D eigenvalue weighted by Gasteiger charge is -2.05. The Hall–Kier alpha value is -2.47. The normalized spacial score (nSPS) is 10.6. The number of amides is 1. The van der Waals surface area contributed by atoms with Crippen molar-refractivity contribution in [2.24, 2.45) is 0 Å². The van der Waals surface area contributed by atoms with Crippen molar-refractivity contribution in [3.8, 4) is 0 Å². The Morgan fingerprint density at radius 2 is 1.87 bits per heavy atom. The van der Waals surface area contributed by atoms with E-state index in [1.54, 1.807) is 24.2 Å². The van der Waals surface area contributed by atoms with Crippen LogP contribution < -0.4 is 5.32 Å². The molecule has 3 aromatic rings. The fraction of sp³-hybridized carbons (Fsp3) is 0.176. The number of rotatable bonds is 6. The van der Waals surface area contributed by atoms with Crippen molar-refractivity contribution in [3.05, 3.63) is 60.7 Å². The zero-order valence-corrected chi connectivity index (χ0v) is 13.3. The average Bonchev–Trinajstić information content (AvgIpc) is 2.61. The van der Waals surface area contributed by atoms with Crippen LogP contribution in [-0.2, 0) is 0 Å². The highest BCUT2D eigenvalue weighted by molar-refractivity contribution is 7.99. The summed E-state index contributed by atoms with van der Waals surface area (Å²) in [6, 6.07) is 11.5. The van der Waals surface area contributed by atoms with Gasteiger partial charge in [-0.05, 0) is 36.4 Å². The predicted molar refractivity (Wildman–Crippen MR) is 91.4 cm³/mol. The second-order valence-electron chi connectivity index (χ2n) is 4.88. The van der Waals surface area contributed by atoms with E-state index in [-0.39, 0.29) is 5.91 Å². The molecule has 0 atom stereocenters. The number of carbonyl (C=O) groups excluding carboxylic acids is 1. The molecule has 0 radical (unpaired) electrons. The Morgan fingerprint density at radius 1 is 1.09 bits per heavy atom. The van der Waals surface area contributed by atoms with Crippen LogP contribution in [0.4, 0.5) is 0 Å². The molecule has 3 rings (SSSR count). The zero-order chi connectivity index (χ0) is 15.9. The van der Waals surface area contributed by atoms with E-state index in [1.807, 2.05) is 36.4 Å². The fourth-order valence-electron chi connectivity index (χ4n) is 2.06. The molecule has 0 aliphatic rings. The van der Waals surface area contributed by atoms with Crippen molar-refractivity contribution in [3.63, 3.8) is 0 Å². The summed E-state index contributed by atoms with van der Waals surface area (Å²) in [4.78, 5) is 25.9. The number of nitrogens with one attached hydrogen (secondary N) is 1. The van der Waals surface area contributed by atoms with Crippen molar-refractivity contribution in [1.29, 1.82) is 0 Å². The third-order valence-electron chi connectivity index (χ3n) is 3.21. The van der Waals surface area contributed by atoms with E-state index in [9.17, 15) is 4.79 Å². The van der Waals surface area contributed by atoms with E-state index in [4.69, 9.17) is 0 Å². The van der Waals surface area contributed by atoms with Gasteiger partial charge in [0.15, 0.2) is 0 Å². The Kier molecular flexibility index (Phi) is 5.16. The van der Waals surface area contributed by atoms with Crippen LogP contribution in [0.3, 0.4) is 0 Å². The molecule has 2 aromatic heterocycles. The van der Waals surface area contributed by atoms with Crippen molar-refractivity contribution < 1.29 is 4.79 Å². The van der Waals surface area contributed by atoms with Gasteiger partial charge in [-0.1, -0.05) is 12.1 Å². The van der Waals surface area contributed by atoms with E-state index in [0.29, 0.717) is 12.2 Å². The Balaban J connectivity index is 1.47. The van der Waals surface area contributed by atoms with Crippen LogP contribution in [0.5, 0.6) is 0 Å². The lowest BCUT2D eigenvalue weighted by molar-refractivity contribution is 0.0949. The lowest BCUT2D eigenvalue weighted by atomic mass is 10.3. The molecule has 23 heavy (non-hydrogen) atoms. The topological polar surface area (TPSA) is 67.8 Å². The molecular weight excluding hydrogens is 308 g/mol. The van der Waals surface area contributed by atoms with Gasteiger partial charge in [0.2, 0.25) is 0 Å². The third kappa shape index (κ3) is 4.26. The summed E-state index contributed by atoms with van der Waals surface area (Å²) >= 11 is 1.75. The highest BCUT2D eigenvalue weighted by atomic mass is 32.2. The molecule has 6 heteroatoms. The molecule has 0 bridgehead atoms. The van der Waals surface area contributed by atoms with Gasteiger partial charge in [-0.25, -0.2) is 4.98 Å². The molecule has 0 unspecified atom stereocenters. The number of para-hydroxylation sites is 2. The quantitative estimate of drug-likeness (QED) is 0.558. The van der Waals surface area contributed by atoms with Gasteiger partial charge in [-0.2, -0.15) is 0 Å². The summed E-state index contributed by atoms with van der Waals surface area (Å²) < 4.78 is 0. The highest BCUT2D eigenvalue weighted by Crippen LogP contribution is 2.16. The molecule has 0 saturated heterocycles. The van der Waals surface area contributed by atoms with Gasteiger partial charge in [0.25, 0.3) is 5.91 Å². The van der Waals surface area contributed by atoms with Crippen LogP contribution >= 0.6 is 11.8 Å². The van der Waals surface area contributed by atoms with E-state index in [2.05, 4.69) is 20.3 Å². The largest absolute Gasteiger partial charge is 0.351 e. The standard InChI is InChI=1S/C17H16N4OS/c22-17(16-12-20-14-4-1-2-5-15(14)21-16)19-8-3-11-23-13-6-9-18-10-7-13/h1-2,4-7,9-10,12H,3,8,11H2,(H,19,22). The summed E-state index contributed by atoms with van der Waals surface area (Å²) in [6.07, 6.45) is 5.97. The average molecular weight is 324 g/mol. The summed E-state index contributed by atoms with van der Waals surface area (Å²) in [7, 11) is 0. The van der Waals surface area contributed by atoms with E-state index in [1.165, 1.54) is 11.1 Å². The van der Waals surface area contributed by atoms with Gasteiger partial charge in [-0.15, -0.1) is 11.8 Å². The Labute approximate surface area is 138 Å². The first-order valence-corrected chi connectivity index (χ1v) is 8.34. The van der Waals surface area contributed by atoms with Crippen LogP contribution in [-0.4, -0.2) is 33.2 Å². The smallest absolute Gasteiger partial charge is 0.271 e. The molecule has 0 fully saturated rings. The number of carbonyl (C=O) groups is 1. The van der Waals surface area contributed by atoms with Gasteiger partial charge < -0.3 is 5.32 Å².